The van der Waals surface area contributed by atoms with Crippen molar-refractivity contribution >= 4 is 34.0 Å². The molecule has 0 unspecified atom stereocenters. The first kappa shape index (κ1) is 20.7. The molecule has 4 aromatic rings. The summed E-state index contributed by atoms with van der Waals surface area (Å²) < 4.78 is 19.3. The van der Waals surface area contributed by atoms with Crippen LogP contribution in [0.5, 0.6) is 5.75 Å². The first-order valence-corrected chi connectivity index (χ1v) is 10.4. The minimum absolute atomic E-state index is 0.231. The molecule has 5 heteroatoms. The van der Waals surface area contributed by atoms with Gasteiger partial charge in [0, 0.05) is 18.7 Å². The Kier molecular flexibility index (Phi) is 6.53. The molecule has 0 spiro atoms. The van der Waals surface area contributed by atoms with Crippen LogP contribution in [-0.4, -0.2) is 0 Å². The zero-order valence-corrected chi connectivity index (χ0v) is 17.7. The van der Waals surface area contributed by atoms with Crippen LogP contribution in [0.2, 0.25) is 10.0 Å². The number of fused-ring (bicyclic) bond motifs is 1. The number of halogens is 3. The first-order valence-electron chi connectivity index (χ1n) is 9.62. The first-order chi connectivity index (χ1) is 14.6. The molecule has 0 heterocycles. The zero-order chi connectivity index (χ0) is 20.9. The maximum absolute atomic E-state index is 13.1. The number of rotatable bonds is 7. The van der Waals surface area contributed by atoms with Crippen molar-refractivity contribution in [3.8, 4) is 5.75 Å². The molecular formula is C25H20Cl2FNO. The summed E-state index contributed by atoms with van der Waals surface area (Å²) in [6, 6.07) is 24.3. The van der Waals surface area contributed by atoms with Gasteiger partial charge in [-0.2, -0.15) is 0 Å². The third kappa shape index (κ3) is 4.93. The van der Waals surface area contributed by atoms with E-state index in [1.54, 1.807) is 18.2 Å². The second-order valence-electron chi connectivity index (χ2n) is 7.03. The molecule has 4 aromatic carbocycles. The lowest BCUT2D eigenvalue weighted by Gasteiger charge is -2.15. The molecule has 30 heavy (non-hydrogen) atoms. The lowest BCUT2D eigenvalue weighted by molar-refractivity contribution is 0.302. The summed E-state index contributed by atoms with van der Waals surface area (Å²) in [7, 11) is 0. The summed E-state index contributed by atoms with van der Waals surface area (Å²) in [4.78, 5) is 0. The minimum atomic E-state index is -0.231. The normalized spacial score (nSPS) is 11.0. The summed E-state index contributed by atoms with van der Waals surface area (Å²) in [6.07, 6.45) is 0. The molecule has 2 nitrogen and oxygen atoms in total. The van der Waals surface area contributed by atoms with E-state index in [0.717, 1.165) is 33.2 Å². The quantitative estimate of drug-likeness (QED) is 0.329. The maximum atomic E-state index is 13.1. The fourth-order valence-electron chi connectivity index (χ4n) is 3.36. The highest BCUT2D eigenvalue weighted by Crippen LogP contribution is 2.30. The second-order valence-corrected chi connectivity index (χ2v) is 7.84. The molecule has 0 radical (unpaired) electrons. The Morgan fingerprint density at radius 2 is 1.53 bits per heavy atom. The maximum Gasteiger partial charge on any atom is 0.124 e. The molecule has 4 rings (SSSR count). The highest BCUT2D eigenvalue weighted by atomic mass is 35.5. The van der Waals surface area contributed by atoms with Crippen LogP contribution in [0.1, 0.15) is 16.7 Å². The third-order valence-electron chi connectivity index (χ3n) is 4.92. The van der Waals surface area contributed by atoms with Crippen LogP contribution in [0.25, 0.3) is 10.8 Å². The van der Waals surface area contributed by atoms with Crippen molar-refractivity contribution in [1.29, 1.82) is 0 Å². The largest absolute Gasteiger partial charge is 0.489 e. The van der Waals surface area contributed by atoms with Crippen molar-refractivity contribution in [1.82, 2.24) is 5.32 Å². The van der Waals surface area contributed by atoms with Crippen molar-refractivity contribution in [2.24, 2.45) is 0 Å². The molecule has 0 saturated heterocycles. The Hall–Kier alpha value is -2.59. The van der Waals surface area contributed by atoms with Gasteiger partial charge < -0.3 is 10.1 Å². The summed E-state index contributed by atoms with van der Waals surface area (Å²) in [6.45, 7) is 1.64. The Morgan fingerprint density at radius 1 is 0.767 bits per heavy atom. The van der Waals surface area contributed by atoms with Crippen molar-refractivity contribution in [3.63, 3.8) is 0 Å². The fourth-order valence-corrected chi connectivity index (χ4v) is 3.68. The molecule has 0 saturated carbocycles. The van der Waals surface area contributed by atoms with Gasteiger partial charge in [-0.05, 0) is 52.2 Å². The molecule has 0 aliphatic rings. The van der Waals surface area contributed by atoms with Gasteiger partial charge >= 0.3 is 0 Å². The zero-order valence-electron chi connectivity index (χ0n) is 16.2. The van der Waals surface area contributed by atoms with E-state index in [-0.39, 0.29) is 5.82 Å². The van der Waals surface area contributed by atoms with Gasteiger partial charge in [0.2, 0.25) is 0 Å². The number of hydrogen-bond acceptors (Lipinski definition) is 2. The van der Waals surface area contributed by atoms with Crippen molar-refractivity contribution in [2.75, 3.05) is 0 Å². The molecule has 0 aliphatic carbocycles. The summed E-state index contributed by atoms with van der Waals surface area (Å²) >= 11 is 12.1. The smallest absolute Gasteiger partial charge is 0.124 e. The summed E-state index contributed by atoms with van der Waals surface area (Å²) in [5.74, 6) is 0.581. The molecule has 1 N–H and O–H groups in total. The second kappa shape index (κ2) is 9.48. The lowest BCUT2D eigenvalue weighted by Crippen LogP contribution is -2.14. The molecule has 0 bridgehead atoms. The average molecular weight is 440 g/mol. The number of nitrogens with one attached hydrogen (secondary N) is 1. The van der Waals surface area contributed by atoms with Crippen LogP contribution in [0.4, 0.5) is 4.39 Å². The Labute approximate surface area is 185 Å². The molecule has 0 atom stereocenters. The van der Waals surface area contributed by atoms with Gasteiger partial charge in [-0.3, -0.25) is 0 Å². The van der Waals surface area contributed by atoms with Crippen LogP contribution in [-0.2, 0) is 19.7 Å². The van der Waals surface area contributed by atoms with E-state index in [4.69, 9.17) is 27.9 Å². The molecular weight excluding hydrogens is 420 g/mol. The topological polar surface area (TPSA) is 21.3 Å². The molecule has 0 aliphatic heterocycles. The Bertz CT molecular complexity index is 1160. The highest BCUT2D eigenvalue weighted by molar-refractivity contribution is 6.42. The third-order valence-corrected chi connectivity index (χ3v) is 5.66. The fraction of sp³-hybridized carbons (Fsp3) is 0.120. The minimum Gasteiger partial charge on any atom is -0.489 e. The molecule has 0 amide bonds. The predicted octanol–water partition coefficient (Wildman–Crippen LogP) is 7.15. The molecule has 152 valence electrons. The summed E-state index contributed by atoms with van der Waals surface area (Å²) in [5, 5.41) is 6.77. The molecule has 0 fully saturated rings. The Balaban J connectivity index is 1.54. The SMILES string of the molecule is Fc1ccc(CNCc2c(OCc3ccc(Cl)c(Cl)c3)ccc3ccccc23)cc1. The average Bonchev–Trinajstić information content (AvgIpc) is 2.76. The standard InChI is InChI=1S/C25H20Cl2FNO/c26-23-11-7-18(13-24(23)27)16-30-25-12-8-19-3-1-2-4-21(19)22(25)15-29-14-17-5-9-20(28)10-6-17/h1-13,29H,14-16H2. The van der Waals surface area contributed by atoms with Crippen LogP contribution in [0.3, 0.4) is 0 Å². The van der Waals surface area contributed by atoms with Crippen molar-refractivity contribution in [3.05, 3.63) is 111 Å². The van der Waals surface area contributed by atoms with Crippen molar-refractivity contribution in [2.45, 2.75) is 19.7 Å². The van der Waals surface area contributed by atoms with Gasteiger partial charge in [0.15, 0.2) is 0 Å². The predicted molar refractivity (Wildman–Crippen MR) is 122 cm³/mol. The monoisotopic (exact) mass is 439 g/mol. The van der Waals surface area contributed by atoms with Crippen molar-refractivity contribution < 1.29 is 9.13 Å². The van der Waals surface area contributed by atoms with E-state index in [1.165, 1.54) is 12.1 Å². The van der Waals surface area contributed by atoms with Crippen LogP contribution < -0.4 is 10.1 Å². The van der Waals surface area contributed by atoms with Gasteiger partial charge in [-0.25, -0.2) is 4.39 Å². The highest BCUT2D eigenvalue weighted by Gasteiger charge is 2.10. The van der Waals surface area contributed by atoms with E-state index in [0.29, 0.717) is 29.7 Å². The Morgan fingerprint density at radius 3 is 2.33 bits per heavy atom. The van der Waals surface area contributed by atoms with Gasteiger partial charge in [0.1, 0.15) is 18.2 Å². The van der Waals surface area contributed by atoms with Gasteiger partial charge in [-0.1, -0.05) is 71.7 Å². The van der Waals surface area contributed by atoms with E-state index < -0.39 is 0 Å². The molecule has 0 aromatic heterocycles. The van der Waals surface area contributed by atoms with E-state index >= 15 is 0 Å². The van der Waals surface area contributed by atoms with E-state index in [9.17, 15) is 4.39 Å². The lowest BCUT2D eigenvalue weighted by atomic mass is 10.0. The number of hydrogen-bond donors (Lipinski definition) is 1. The van der Waals surface area contributed by atoms with E-state index in [1.807, 2.05) is 30.3 Å². The van der Waals surface area contributed by atoms with Crippen LogP contribution in [0, 0.1) is 5.82 Å². The van der Waals surface area contributed by atoms with Crippen LogP contribution >= 0.6 is 23.2 Å². The van der Waals surface area contributed by atoms with Gasteiger partial charge in [0.05, 0.1) is 10.0 Å². The van der Waals surface area contributed by atoms with E-state index in [2.05, 4.69) is 23.5 Å². The number of ether oxygens (including phenoxy) is 1. The van der Waals surface area contributed by atoms with Gasteiger partial charge in [-0.15, -0.1) is 0 Å². The number of benzene rings is 4. The summed E-state index contributed by atoms with van der Waals surface area (Å²) in [5.41, 5.74) is 3.05. The van der Waals surface area contributed by atoms with Gasteiger partial charge in [0.25, 0.3) is 0 Å². The van der Waals surface area contributed by atoms with Crippen LogP contribution in [0.15, 0.2) is 78.9 Å².